The third-order valence-electron chi connectivity index (χ3n) is 29.3. The highest BCUT2D eigenvalue weighted by atomic mass is 15.2. The molecule has 4 aliphatic rings. The molecular formula is C128H82N6. The van der Waals surface area contributed by atoms with Gasteiger partial charge in [0, 0.05) is 83.5 Å². The summed E-state index contributed by atoms with van der Waals surface area (Å²) in [5.74, 6) is 0. The van der Waals surface area contributed by atoms with Crippen LogP contribution in [0.5, 0.6) is 0 Å². The second kappa shape index (κ2) is 29.5. The first kappa shape index (κ1) is 75.4. The van der Waals surface area contributed by atoms with Crippen molar-refractivity contribution >= 4 is 144 Å². The summed E-state index contributed by atoms with van der Waals surface area (Å²) < 4.78 is 5.28. The summed E-state index contributed by atoms with van der Waals surface area (Å²) in [6, 6.07) is 187. The minimum atomic E-state index is -0.868. The highest BCUT2D eigenvalue weighted by Crippen LogP contribution is 2.67. The van der Waals surface area contributed by atoms with Crippen LogP contribution in [-0.2, 0) is 10.8 Å². The van der Waals surface area contributed by atoms with Crippen LogP contribution in [0.2, 0.25) is 0 Å². The molecule has 0 fully saturated rings. The Kier molecular flexibility index (Phi) is 16.6. The lowest BCUT2D eigenvalue weighted by atomic mass is 9.65. The lowest BCUT2D eigenvalue weighted by Gasteiger charge is -2.41. The molecule has 6 nitrogen and oxygen atoms in total. The molecule has 2 spiro atoms. The Morgan fingerprint density at radius 3 is 1.31 bits per heavy atom. The van der Waals surface area contributed by atoms with Gasteiger partial charge in [0.25, 0.3) is 0 Å². The van der Waals surface area contributed by atoms with Crippen molar-refractivity contribution in [3.63, 3.8) is 0 Å². The maximum Gasteiger partial charge on any atom is 0.0754 e. The molecule has 624 valence electrons. The van der Waals surface area contributed by atoms with Crippen molar-refractivity contribution in [3.8, 4) is 55.9 Å². The fourth-order valence-corrected chi connectivity index (χ4v) is 24.1. The van der Waals surface area contributed by atoms with E-state index in [-0.39, 0.29) is 0 Å². The predicted octanol–water partition coefficient (Wildman–Crippen LogP) is 33.9. The van der Waals surface area contributed by atoms with E-state index >= 15 is 0 Å². The largest absolute Gasteiger partial charge is 0.310 e. The molecule has 2 atom stereocenters. The van der Waals surface area contributed by atoms with Gasteiger partial charge in [-0.1, -0.05) is 352 Å². The molecule has 28 rings (SSSR count). The summed E-state index contributed by atoms with van der Waals surface area (Å²) in [6.07, 6.45) is 0. The first-order valence-electron chi connectivity index (χ1n) is 46.4. The lowest BCUT2D eigenvalue weighted by Crippen LogP contribution is -2.34. The van der Waals surface area contributed by atoms with Crippen molar-refractivity contribution < 1.29 is 0 Å². The molecule has 2 aliphatic carbocycles. The zero-order valence-electron chi connectivity index (χ0n) is 73.0. The van der Waals surface area contributed by atoms with Gasteiger partial charge in [0.05, 0.1) is 61.3 Å². The van der Waals surface area contributed by atoms with Crippen molar-refractivity contribution in [2.45, 2.75) is 10.8 Å². The van der Waals surface area contributed by atoms with Gasteiger partial charge in [0.15, 0.2) is 0 Å². The number of benzene rings is 22. The van der Waals surface area contributed by atoms with Crippen molar-refractivity contribution in [2.24, 2.45) is 0 Å². The number of hydrogen-bond acceptors (Lipinski definition) is 4. The molecule has 0 amide bonds. The van der Waals surface area contributed by atoms with Crippen LogP contribution in [0.25, 0.3) is 132 Å². The normalized spacial score (nSPS) is 14.5. The minimum absolute atomic E-state index is 0.773. The predicted molar refractivity (Wildman–Crippen MR) is 559 cm³/mol. The molecule has 0 N–H and O–H groups in total. The van der Waals surface area contributed by atoms with Gasteiger partial charge >= 0.3 is 0 Å². The maximum absolute atomic E-state index is 2.65. The second-order valence-electron chi connectivity index (χ2n) is 36.0. The number of aromatic nitrogens is 2. The van der Waals surface area contributed by atoms with Gasteiger partial charge in [0.2, 0.25) is 0 Å². The van der Waals surface area contributed by atoms with Crippen LogP contribution in [-0.4, -0.2) is 9.13 Å². The van der Waals surface area contributed by atoms with Crippen molar-refractivity contribution in [1.82, 2.24) is 9.13 Å². The number of hydrogen-bond donors (Lipinski definition) is 0. The Morgan fingerprint density at radius 2 is 0.612 bits per heavy atom. The Labute approximate surface area is 776 Å². The molecule has 22 aromatic carbocycles. The van der Waals surface area contributed by atoms with E-state index in [0.29, 0.717) is 0 Å². The lowest BCUT2D eigenvalue weighted by molar-refractivity contribution is 0.748. The van der Waals surface area contributed by atoms with Gasteiger partial charge in [0.1, 0.15) is 0 Å². The van der Waals surface area contributed by atoms with Crippen molar-refractivity contribution in [3.05, 3.63) is 542 Å². The Bertz CT molecular complexity index is 8930. The van der Waals surface area contributed by atoms with E-state index in [9.17, 15) is 0 Å². The summed E-state index contributed by atoms with van der Waals surface area (Å²) in [5.41, 5.74) is 37.7. The summed E-state index contributed by atoms with van der Waals surface area (Å²) in [4.78, 5) is 9.89. The highest BCUT2D eigenvalue weighted by Gasteiger charge is 2.54. The van der Waals surface area contributed by atoms with Crippen LogP contribution >= 0.6 is 0 Å². The fourth-order valence-electron chi connectivity index (χ4n) is 24.1. The smallest absolute Gasteiger partial charge is 0.0754 e. The standard InChI is InChI=1S/C128H82N6/c1-7-35-83(36-8-1)85-40-31-51-93(77-85)130(90-45-13-4-14-46-90)95-69-73-110-107(81-95)106-80-94(129(88-41-9-2-10-42-88)89-43-11-3-12-44-89)68-72-109(106)127(110)111-61-28-30-65-118(111)134-121-79-87(67-71-102(121)103-59-34-63-114(127)125(103)134)99-58-33-62-113-123(99)104-56-25-27-60-108(104)128(113)112-74-70-96(131(91-47-15-5-16-48-91)116-66-32-39-84-37-19-22-53-98(84)116)82-122(112)133-117-64-29-26-57-105(117)124-119(76-75-115(128)126(124)133)132(92-49-17-6-18-50-92)120-78-86-38-20-21-52-97(86)100-54-23-24-55-101(100)120/h1-82H. The molecule has 4 heterocycles. The molecule has 2 aromatic heterocycles. The van der Waals surface area contributed by atoms with Crippen molar-refractivity contribution in [2.75, 3.05) is 19.6 Å². The highest BCUT2D eigenvalue weighted by molar-refractivity contribution is 6.23. The van der Waals surface area contributed by atoms with Crippen LogP contribution in [0.3, 0.4) is 0 Å². The molecule has 0 saturated heterocycles. The molecule has 134 heavy (non-hydrogen) atoms. The summed E-state index contributed by atoms with van der Waals surface area (Å²) >= 11 is 0. The van der Waals surface area contributed by atoms with Crippen LogP contribution in [0, 0.1) is 0 Å². The summed E-state index contributed by atoms with van der Waals surface area (Å²) in [5, 5.41) is 11.9. The first-order valence-corrected chi connectivity index (χ1v) is 46.4. The quantitative estimate of drug-likeness (QED) is 0.101. The molecule has 0 radical (unpaired) electrons. The topological polar surface area (TPSA) is 22.8 Å². The molecular weight excluding hydrogens is 1620 g/mol. The van der Waals surface area contributed by atoms with E-state index in [4.69, 9.17) is 0 Å². The summed E-state index contributed by atoms with van der Waals surface area (Å²) in [6.45, 7) is 0. The Hall–Kier alpha value is -17.6. The van der Waals surface area contributed by atoms with Crippen LogP contribution in [0.15, 0.2) is 497 Å². The number of nitrogens with zero attached hydrogens (tertiary/aromatic N) is 6. The van der Waals surface area contributed by atoms with E-state index < -0.39 is 10.8 Å². The van der Waals surface area contributed by atoms with Gasteiger partial charge in [-0.3, -0.25) is 0 Å². The molecule has 0 saturated carbocycles. The van der Waals surface area contributed by atoms with Gasteiger partial charge in [-0.2, -0.15) is 0 Å². The minimum Gasteiger partial charge on any atom is -0.310 e. The zero-order valence-corrected chi connectivity index (χ0v) is 73.0. The molecule has 2 unspecified atom stereocenters. The van der Waals surface area contributed by atoms with Crippen LogP contribution in [0.1, 0.15) is 44.5 Å². The average Bonchev–Trinajstić information content (AvgIpc) is 1.49. The third-order valence-corrected chi connectivity index (χ3v) is 29.3. The SMILES string of the molecule is c1ccc(-c2cccc(N(c3ccccc3)c3ccc4c(c3)-c3cc(N(c5ccccc5)c5ccccc5)ccc3C43c4ccccc4-n4c5cc(-c6cccc7c6-c6ccccc6C76c7ccc(N(c8ccccc8)c8cccc9ccccc89)cc7-n7c8ccccc8c8c(N(c9ccccc9)c9cc%10ccccc%10c%10ccccc9%10)ccc6c87)ccc5c5cccc3c54)c2)cc1. The van der Waals surface area contributed by atoms with E-state index in [0.717, 1.165) is 102 Å². The van der Waals surface area contributed by atoms with E-state index in [1.54, 1.807) is 0 Å². The van der Waals surface area contributed by atoms with Crippen molar-refractivity contribution in [1.29, 1.82) is 0 Å². The number of fused-ring (bicyclic) bond motifs is 28. The number of anilines is 12. The Morgan fingerprint density at radius 1 is 0.172 bits per heavy atom. The monoisotopic (exact) mass is 1700 g/mol. The molecule has 0 bridgehead atoms. The van der Waals surface area contributed by atoms with Crippen LogP contribution < -0.4 is 19.6 Å². The van der Waals surface area contributed by atoms with Gasteiger partial charge in [-0.25, -0.2) is 0 Å². The van der Waals surface area contributed by atoms with Gasteiger partial charge < -0.3 is 28.7 Å². The van der Waals surface area contributed by atoms with Gasteiger partial charge in [-0.05, 0) is 256 Å². The fraction of sp³-hybridized carbons (Fsp3) is 0.0156. The number of para-hydroxylation sites is 8. The van der Waals surface area contributed by atoms with E-state index in [1.165, 1.54) is 143 Å². The second-order valence-corrected chi connectivity index (χ2v) is 36.0. The third kappa shape index (κ3) is 10.8. The van der Waals surface area contributed by atoms with Crippen LogP contribution in [0.4, 0.5) is 68.2 Å². The molecule has 24 aromatic rings. The number of rotatable bonds is 14. The zero-order chi connectivity index (χ0) is 87.9. The average molecular weight is 1700 g/mol. The summed E-state index contributed by atoms with van der Waals surface area (Å²) in [7, 11) is 0. The van der Waals surface area contributed by atoms with E-state index in [2.05, 4.69) is 526 Å². The Balaban J connectivity index is 0.677. The maximum atomic E-state index is 2.65. The van der Waals surface area contributed by atoms with Gasteiger partial charge in [-0.15, -0.1) is 0 Å². The molecule has 6 heteroatoms. The first-order chi connectivity index (χ1) is 66.5. The molecule has 2 aliphatic heterocycles. The van der Waals surface area contributed by atoms with E-state index in [1.807, 2.05) is 0 Å².